The van der Waals surface area contributed by atoms with Gasteiger partial charge in [-0.15, -0.1) is 0 Å². The maximum Gasteiger partial charge on any atom is 0.267 e. The van der Waals surface area contributed by atoms with Crippen LogP contribution in [0.3, 0.4) is 0 Å². The van der Waals surface area contributed by atoms with Crippen LogP contribution in [0, 0.1) is 0 Å². The molecule has 2 aliphatic rings. The number of rotatable bonds is 6. The first-order chi connectivity index (χ1) is 14.0. The Balaban J connectivity index is 1.49. The monoisotopic (exact) mass is 435 g/mol. The van der Waals surface area contributed by atoms with Gasteiger partial charge in [0, 0.05) is 12.8 Å². The molecule has 2 heterocycles. The zero-order valence-electron chi connectivity index (χ0n) is 17.7. The summed E-state index contributed by atoms with van der Waals surface area (Å²) >= 11 is 0. The van der Waals surface area contributed by atoms with E-state index < -0.39 is 15.9 Å². The van der Waals surface area contributed by atoms with Crippen molar-refractivity contribution in [2.24, 2.45) is 5.10 Å². The van der Waals surface area contributed by atoms with Crippen molar-refractivity contribution in [1.82, 2.24) is 10.3 Å². The Morgan fingerprint density at radius 3 is 2.53 bits per heavy atom. The van der Waals surface area contributed by atoms with Gasteiger partial charge in [0.05, 0.1) is 24.1 Å². The molecule has 9 heteroatoms. The molecule has 0 aromatic heterocycles. The Bertz CT molecular complexity index is 932. The molecular weight excluding hydrogens is 406 g/mol. The highest BCUT2D eigenvalue weighted by molar-refractivity contribution is 7.91. The van der Waals surface area contributed by atoms with Gasteiger partial charge >= 0.3 is 0 Å². The average molecular weight is 436 g/mol. The van der Waals surface area contributed by atoms with Crippen molar-refractivity contribution in [2.45, 2.75) is 51.5 Å². The zero-order chi connectivity index (χ0) is 21.9. The number of nitrogens with zero attached hydrogens (tertiary/aromatic N) is 2. The number of carbonyl (C=O) groups is 2. The largest absolute Gasteiger partial charge is 0.492 e. The minimum atomic E-state index is -3.14. The summed E-state index contributed by atoms with van der Waals surface area (Å²) in [4.78, 5) is 24.5. The normalized spacial score (nSPS) is 21.3. The van der Waals surface area contributed by atoms with Crippen LogP contribution in [0.2, 0.25) is 0 Å². The molecule has 0 saturated carbocycles. The SMILES string of the molecule is CC(C)(C)c1ccc(OCCNC(=O)C2=NN(C3CCS(=O)(=O)C3)C(=O)CC2)cc1. The topological polar surface area (TPSA) is 105 Å². The number of ether oxygens (including phenoxy) is 1. The minimum Gasteiger partial charge on any atom is -0.492 e. The van der Waals surface area contributed by atoms with Gasteiger partial charge in [0.25, 0.3) is 5.91 Å². The number of hydrazone groups is 1. The molecule has 0 spiro atoms. The molecule has 1 N–H and O–H groups in total. The van der Waals surface area contributed by atoms with Crippen LogP contribution in [0.15, 0.2) is 29.4 Å². The first-order valence-electron chi connectivity index (χ1n) is 10.2. The van der Waals surface area contributed by atoms with Crippen LogP contribution >= 0.6 is 0 Å². The second-order valence-electron chi connectivity index (χ2n) is 8.72. The third-order valence-corrected chi connectivity index (χ3v) is 7.00. The fraction of sp³-hybridized carbons (Fsp3) is 0.571. The van der Waals surface area contributed by atoms with Crippen LogP contribution in [0.4, 0.5) is 0 Å². The Kier molecular flexibility index (Phi) is 6.50. The van der Waals surface area contributed by atoms with Gasteiger partial charge in [-0.3, -0.25) is 9.59 Å². The van der Waals surface area contributed by atoms with Crippen molar-refractivity contribution >= 4 is 27.4 Å². The summed E-state index contributed by atoms with van der Waals surface area (Å²) in [6.07, 6.45) is 0.753. The molecule has 1 atom stereocenters. The smallest absolute Gasteiger partial charge is 0.267 e. The zero-order valence-corrected chi connectivity index (χ0v) is 18.5. The Morgan fingerprint density at radius 1 is 1.23 bits per heavy atom. The number of nitrogens with one attached hydrogen (secondary N) is 1. The average Bonchev–Trinajstić information content (AvgIpc) is 3.04. The predicted octanol–water partition coefficient (Wildman–Crippen LogP) is 1.64. The minimum absolute atomic E-state index is 0.0482. The second kappa shape index (κ2) is 8.75. The molecule has 0 bridgehead atoms. The van der Waals surface area contributed by atoms with Crippen molar-refractivity contribution in [3.8, 4) is 5.75 Å². The lowest BCUT2D eigenvalue weighted by molar-refractivity contribution is -0.133. The highest BCUT2D eigenvalue weighted by Gasteiger charge is 2.37. The molecule has 30 heavy (non-hydrogen) atoms. The van der Waals surface area contributed by atoms with E-state index in [0.717, 1.165) is 5.75 Å². The summed E-state index contributed by atoms with van der Waals surface area (Å²) in [5.74, 6) is 0.0770. The van der Waals surface area contributed by atoms with Crippen molar-refractivity contribution in [3.63, 3.8) is 0 Å². The van der Waals surface area contributed by atoms with Crippen molar-refractivity contribution in [1.29, 1.82) is 0 Å². The molecule has 1 fully saturated rings. The lowest BCUT2D eigenvalue weighted by Crippen LogP contribution is -2.44. The van der Waals surface area contributed by atoms with Gasteiger partial charge < -0.3 is 10.1 Å². The summed E-state index contributed by atoms with van der Waals surface area (Å²) in [6.45, 7) is 7.04. The van der Waals surface area contributed by atoms with E-state index in [1.807, 2.05) is 24.3 Å². The van der Waals surface area contributed by atoms with Crippen LogP contribution in [0.5, 0.6) is 5.75 Å². The molecule has 1 aromatic carbocycles. The summed E-state index contributed by atoms with van der Waals surface area (Å²) < 4.78 is 29.0. The van der Waals surface area contributed by atoms with Crippen LogP contribution in [0.25, 0.3) is 0 Å². The highest BCUT2D eigenvalue weighted by atomic mass is 32.2. The van der Waals surface area contributed by atoms with E-state index >= 15 is 0 Å². The van der Waals surface area contributed by atoms with Crippen LogP contribution in [-0.4, -0.2) is 61.7 Å². The molecule has 164 valence electrons. The van der Waals surface area contributed by atoms with Gasteiger partial charge in [-0.1, -0.05) is 32.9 Å². The standard InChI is InChI=1S/C21H29N3O5S/c1-21(2,3)15-4-6-17(7-5-15)29-12-11-22-20(26)18-8-9-19(25)24(23-18)16-10-13-30(27,28)14-16/h4-7,16H,8-14H2,1-3H3,(H,22,26). The van der Waals surface area contributed by atoms with Crippen LogP contribution < -0.4 is 10.1 Å². The fourth-order valence-corrected chi connectivity index (χ4v) is 5.17. The Labute approximate surface area is 177 Å². The number of sulfone groups is 1. The van der Waals surface area contributed by atoms with E-state index in [9.17, 15) is 18.0 Å². The van der Waals surface area contributed by atoms with E-state index in [4.69, 9.17) is 4.74 Å². The summed E-state index contributed by atoms with van der Waals surface area (Å²) in [5, 5.41) is 8.10. The second-order valence-corrected chi connectivity index (χ2v) is 10.9. The Hall–Kier alpha value is -2.42. The van der Waals surface area contributed by atoms with Gasteiger partial charge in [0.15, 0.2) is 9.84 Å². The molecule has 0 radical (unpaired) electrons. The lowest BCUT2D eigenvalue weighted by atomic mass is 9.87. The maximum atomic E-state index is 12.4. The number of benzene rings is 1. The molecule has 1 unspecified atom stereocenters. The molecule has 8 nitrogen and oxygen atoms in total. The van der Waals surface area contributed by atoms with E-state index in [0.29, 0.717) is 19.6 Å². The molecular formula is C21H29N3O5S. The summed E-state index contributed by atoms with van der Waals surface area (Å²) in [5.41, 5.74) is 1.53. The van der Waals surface area contributed by atoms with E-state index in [1.54, 1.807) is 0 Å². The number of carbonyl (C=O) groups excluding carboxylic acids is 2. The van der Waals surface area contributed by atoms with Gasteiger partial charge in [-0.05, 0) is 29.5 Å². The van der Waals surface area contributed by atoms with Crippen molar-refractivity contribution in [2.75, 3.05) is 24.7 Å². The summed E-state index contributed by atoms with van der Waals surface area (Å²) in [7, 11) is -3.14. The van der Waals surface area contributed by atoms with Crippen LogP contribution in [0.1, 0.15) is 45.6 Å². The van der Waals surface area contributed by atoms with Gasteiger partial charge in [-0.25, -0.2) is 13.4 Å². The molecule has 2 aliphatic heterocycles. The third-order valence-electron chi connectivity index (χ3n) is 5.25. The quantitative estimate of drug-likeness (QED) is 0.684. The third kappa shape index (κ3) is 5.59. The summed E-state index contributed by atoms with van der Waals surface area (Å²) in [6, 6.07) is 7.39. The Morgan fingerprint density at radius 2 is 1.93 bits per heavy atom. The van der Waals surface area contributed by atoms with Gasteiger partial charge in [0.1, 0.15) is 18.1 Å². The number of hydrogen-bond donors (Lipinski definition) is 1. The van der Waals surface area contributed by atoms with Gasteiger partial charge in [0.2, 0.25) is 5.91 Å². The molecule has 3 rings (SSSR count). The maximum absolute atomic E-state index is 12.4. The molecule has 0 aliphatic carbocycles. The highest BCUT2D eigenvalue weighted by Crippen LogP contribution is 2.24. The van der Waals surface area contributed by atoms with E-state index in [-0.39, 0.29) is 47.3 Å². The molecule has 2 amide bonds. The number of hydrogen-bond acceptors (Lipinski definition) is 6. The molecule has 1 aromatic rings. The van der Waals surface area contributed by atoms with E-state index in [2.05, 4.69) is 31.2 Å². The first-order valence-corrected chi connectivity index (χ1v) is 12.0. The molecule has 1 saturated heterocycles. The fourth-order valence-electron chi connectivity index (χ4n) is 3.47. The van der Waals surface area contributed by atoms with E-state index in [1.165, 1.54) is 10.6 Å². The van der Waals surface area contributed by atoms with Gasteiger partial charge in [-0.2, -0.15) is 5.10 Å². The van der Waals surface area contributed by atoms with Crippen molar-refractivity contribution in [3.05, 3.63) is 29.8 Å². The number of amides is 2. The first kappa shape index (κ1) is 22.3. The lowest BCUT2D eigenvalue weighted by Gasteiger charge is -2.27. The van der Waals surface area contributed by atoms with Crippen molar-refractivity contribution < 1.29 is 22.7 Å². The van der Waals surface area contributed by atoms with Crippen LogP contribution in [-0.2, 0) is 24.8 Å². The predicted molar refractivity (Wildman–Crippen MR) is 114 cm³/mol.